The molecule has 37 heavy (non-hydrogen) atoms. The van der Waals surface area contributed by atoms with Crippen molar-refractivity contribution >= 4 is 35.2 Å². The number of ether oxygens (including phenoxy) is 1. The van der Waals surface area contributed by atoms with E-state index in [1.165, 1.54) is 11.0 Å². The number of nitrogens with zero attached hydrogens (tertiary/aromatic N) is 1. The molecule has 8 nitrogen and oxygen atoms in total. The number of amides is 3. The summed E-state index contributed by atoms with van der Waals surface area (Å²) in [7, 11) is 0. The number of carbonyl (C=O) groups is 3. The van der Waals surface area contributed by atoms with E-state index in [-0.39, 0.29) is 6.54 Å². The second-order valence-electron chi connectivity index (χ2n) is 9.77. The Morgan fingerprint density at radius 3 is 2.30 bits per heavy atom. The summed E-state index contributed by atoms with van der Waals surface area (Å²) in [4.78, 5) is 41.2. The van der Waals surface area contributed by atoms with Crippen LogP contribution in [0.15, 0.2) is 49.1 Å². The van der Waals surface area contributed by atoms with Crippen molar-refractivity contribution < 1.29 is 24.2 Å². The molecule has 2 unspecified atom stereocenters. The molecule has 0 aromatic heterocycles. The summed E-state index contributed by atoms with van der Waals surface area (Å²) >= 11 is 6.36. The van der Waals surface area contributed by atoms with Crippen LogP contribution in [0.5, 0.6) is 0 Å². The van der Waals surface area contributed by atoms with Gasteiger partial charge >= 0.3 is 6.09 Å². The minimum absolute atomic E-state index is 0.0295. The summed E-state index contributed by atoms with van der Waals surface area (Å²) in [5.74, 6) is -1.18. The molecule has 2 atom stereocenters. The largest absolute Gasteiger partial charge is 0.444 e. The van der Waals surface area contributed by atoms with Crippen molar-refractivity contribution in [2.24, 2.45) is 0 Å². The van der Waals surface area contributed by atoms with Crippen molar-refractivity contribution in [1.82, 2.24) is 10.2 Å². The summed E-state index contributed by atoms with van der Waals surface area (Å²) in [6, 6.07) is 8.27. The molecule has 3 amide bonds. The van der Waals surface area contributed by atoms with Gasteiger partial charge in [0, 0.05) is 6.54 Å². The fourth-order valence-corrected chi connectivity index (χ4v) is 4.07. The number of benzene rings is 2. The highest BCUT2D eigenvalue weighted by Gasteiger charge is 2.36. The van der Waals surface area contributed by atoms with Gasteiger partial charge in [0.25, 0.3) is 5.91 Å². The Hall–Kier alpha value is -3.36. The molecule has 3 N–H and O–H groups in total. The van der Waals surface area contributed by atoms with Crippen molar-refractivity contribution in [2.75, 3.05) is 18.5 Å². The number of para-hydroxylation sites is 1. The van der Waals surface area contributed by atoms with Crippen LogP contribution in [0, 0.1) is 20.8 Å². The van der Waals surface area contributed by atoms with Gasteiger partial charge in [0.05, 0.1) is 17.3 Å². The quantitative estimate of drug-likeness (QED) is 0.403. The number of anilines is 1. The van der Waals surface area contributed by atoms with Gasteiger partial charge in [-0.25, -0.2) is 4.79 Å². The van der Waals surface area contributed by atoms with Crippen molar-refractivity contribution in [3.8, 4) is 0 Å². The lowest BCUT2D eigenvalue weighted by atomic mass is 9.95. The van der Waals surface area contributed by atoms with Crippen molar-refractivity contribution in [1.29, 1.82) is 0 Å². The van der Waals surface area contributed by atoms with Crippen LogP contribution in [-0.4, -0.2) is 52.7 Å². The van der Waals surface area contributed by atoms with Crippen LogP contribution in [0.4, 0.5) is 10.5 Å². The van der Waals surface area contributed by atoms with Crippen LogP contribution >= 0.6 is 11.6 Å². The van der Waals surface area contributed by atoms with Crippen molar-refractivity contribution in [3.05, 3.63) is 76.3 Å². The van der Waals surface area contributed by atoms with Gasteiger partial charge in [-0.2, -0.15) is 0 Å². The van der Waals surface area contributed by atoms with Gasteiger partial charge in [-0.3, -0.25) is 9.59 Å². The van der Waals surface area contributed by atoms with E-state index in [0.29, 0.717) is 16.3 Å². The Labute approximate surface area is 223 Å². The Morgan fingerprint density at radius 1 is 1.11 bits per heavy atom. The van der Waals surface area contributed by atoms with E-state index in [2.05, 4.69) is 17.2 Å². The number of aliphatic hydroxyl groups is 1. The third-order valence-electron chi connectivity index (χ3n) is 5.75. The van der Waals surface area contributed by atoms with Gasteiger partial charge in [0.15, 0.2) is 0 Å². The fourth-order valence-electron chi connectivity index (χ4n) is 3.80. The highest BCUT2D eigenvalue weighted by molar-refractivity contribution is 6.34. The van der Waals surface area contributed by atoms with Crippen LogP contribution in [0.2, 0.25) is 5.02 Å². The number of carbonyl (C=O) groups excluding carboxylic acids is 3. The first-order valence-electron chi connectivity index (χ1n) is 11.9. The molecule has 200 valence electrons. The molecular formula is C28H36ClN3O5. The molecule has 0 fully saturated rings. The summed E-state index contributed by atoms with van der Waals surface area (Å²) in [6.07, 6.45) is 0.615. The van der Waals surface area contributed by atoms with Crippen LogP contribution in [0.1, 0.15) is 49.1 Å². The first-order valence-corrected chi connectivity index (χ1v) is 12.3. The molecule has 2 rings (SSSR count). The van der Waals surface area contributed by atoms with Gasteiger partial charge in [0.1, 0.15) is 17.7 Å². The second kappa shape index (κ2) is 12.7. The van der Waals surface area contributed by atoms with E-state index < -0.39 is 42.2 Å². The average molecular weight is 530 g/mol. The van der Waals surface area contributed by atoms with E-state index >= 15 is 0 Å². The number of nitrogens with one attached hydrogen (secondary N) is 2. The molecule has 2 aromatic carbocycles. The molecule has 0 bridgehead atoms. The first-order chi connectivity index (χ1) is 17.3. The normalized spacial score (nSPS) is 12.8. The molecule has 0 heterocycles. The third-order valence-corrected chi connectivity index (χ3v) is 6.07. The van der Waals surface area contributed by atoms with Crippen LogP contribution in [-0.2, 0) is 14.3 Å². The highest BCUT2D eigenvalue weighted by Crippen LogP contribution is 2.31. The van der Waals surface area contributed by atoms with Crippen LogP contribution in [0.3, 0.4) is 0 Å². The van der Waals surface area contributed by atoms with Gasteiger partial charge in [-0.05, 0) is 69.9 Å². The second-order valence-corrected chi connectivity index (χ2v) is 10.2. The molecule has 9 heteroatoms. The van der Waals surface area contributed by atoms with Crippen LogP contribution in [0.25, 0.3) is 0 Å². The molecule has 0 radical (unpaired) electrons. The SMILES string of the molecule is C=CCN(C(=O)C(CO)NC(=O)OC(C)(C)C)C(C(=O)Nc1c(C)cccc1Cl)c1cccc(C)c1C. The van der Waals surface area contributed by atoms with Crippen LogP contribution < -0.4 is 10.6 Å². The lowest BCUT2D eigenvalue weighted by Crippen LogP contribution is -2.54. The number of aliphatic hydroxyl groups excluding tert-OH is 1. The zero-order valence-electron chi connectivity index (χ0n) is 22.2. The predicted molar refractivity (Wildman–Crippen MR) is 146 cm³/mol. The molecule has 0 saturated carbocycles. The van der Waals surface area contributed by atoms with Gasteiger partial charge in [-0.15, -0.1) is 6.58 Å². The predicted octanol–water partition coefficient (Wildman–Crippen LogP) is 4.85. The van der Waals surface area contributed by atoms with E-state index in [0.717, 1.165) is 16.7 Å². The summed E-state index contributed by atoms with van der Waals surface area (Å²) in [5, 5.41) is 15.6. The smallest absolute Gasteiger partial charge is 0.408 e. The Bertz CT molecular complexity index is 1140. The highest BCUT2D eigenvalue weighted by atomic mass is 35.5. The molecule has 2 aromatic rings. The van der Waals surface area contributed by atoms with E-state index in [9.17, 15) is 19.5 Å². The van der Waals surface area contributed by atoms with E-state index in [4.69, 9.17) is 16.3 Å². The first kappa shape index (κ1) is 29.9. The van der Waals surface area contributed by atoms with E-state index in [1.54, 1.807) is 45.0 Å². The Morgan fingerprint density at radius 2 is 1.73 bits per heavy atom. The van der Waals surface area contributed by atoms with Crippen molar-refractivity contribution in [2.45, 2.75) is 59.2 Å². The number of aryl methyl sites for hydroxylation is 2. The minimum atomic E-state index is -1.35. The molecule has 0 saturated heterocycles. The lowest BCUT2D eigenvalue weighted by molar-refractivity contribution is -0.140. The monoisotopic (exact) mass is 529 g/mol. The summed E-state index contributed by atoms with van der Waals surface area (Å²) in [5.41, 5.74) is 2.72. The minimum Gasteiger partial charge on any atom is -0.444 e. The van der Waals surface area contributed by atoms with Gasteiger partial charge < -0.3 is 25.4 Å². The molecule has 0 spiro atoms. The van der Waals surface area contributed by atoms with E-state index in [1.807, 2.05) is 32.9 Å². The molecule has 0 aliphatic heterocycles. The molecular weight excluding hydrogens is 494 g/mol. The standard InChI is InChI=1S/C28H36ClN3O5/c1-8-15-32(26(35)22(16-33)30-27(36)37-28(5,6)7)24(20-13-9-11-17(2)19(20)4)25(34)31-23-18(3)12-10-14-21(23)29/h8-14,22,24,33H,1,15-16H2,2-7H3,(H,30,36)(H,31,34). The molecule has 0 aliphatic rings. The summed E-state index contributed by atoms with van der Waals surface area (Å²) in [6.45, 7) is 13.7. The maximum atomic E-state index is 13.9. The van der Waals surface area contributed by atoms with Crippen molar-refractivity contribution in [3.63, 3.8) is 0 Å². The zero-order chi connectivity index (χ0) is 27.9. The number of alkyl carbamates (subject to hydrolysis) is 1. The Kier molecular flexibility index (Phi) is 10.3. The van der Waals surface area contributed by atoms with Gasteiger partial charge in [0.2, 0.25) is 5.91 Å². The number of halogens is 1. The summed E-state index contributed by atoms with van der Waals surface area (Å²) < 4.78 is 5.25. The number of hydrogen-bond donors (Lipinski definition) is 3. The zero-order valence-corrected chi connectivity index (χ0v) is 23.0. The third kappa shape index (κ3) is 7.81. The molecule has 0 aliphatic carbocycles. The van der Waals surface area contributed by atoms with Gasteiger partial charge in [-0.1, -0.05) is 48.0 Å². The maximum Gasteiger partial charge on any atom is 0.408 e. The average Bonchev–Trinajstić information content (AvgIpc) is 2.80. The number of rotatable bonds is 9. The maximum absolute atomic E-state index is 13.9. The fraction of sp³-hybridized carbons (Fsp3) is 0.393. The Balaban J connectivity index is 2.55. The topological polar surface area (TPSA) is 108 Å². The number of hydrogen-bond acceptors (Lipinski definition) is 5. The lowest BCUT2D eigenvalue weighted by Gasteiger charge is -2.34.